The Balaban J connectivity index is 2.58. The third-order valence-corrected chi connectivity index (χ3v) is 3.74. The molecule has 1 fully saturated rings. The van der Waals surface area contributed by atoms with E-state index in [1.54, 1.807) is 19.9 Å². The minimum Gasteiger partial charge on any atom is -0.330 e. The lowest BCUT2D eigenvalue weighted by Crippen LogP contribution is -2.25. The second-order valence-corrected chi connectivity index (χ2v) is 5.53. The smallest absolute Gasteiger partial charge is 0.132 e. The van der Waals surface area contributed by atoms with E-state index in [1.807, 2.05) is 12.1 Å². The lowest BCUT2D eigenvalue weighted by Gasteiger charge is -2.25. The molecule has 1 nitrogen and oxygen atoms in total. The molecule has 0 aromatic heterocycles. The van der Waals surface area contributed by atoms with Gasteiger partial charge in [-0.15, -0.1) is 0 Å². The molecule has 0 atom stereocenters. The van der Waals surface area contributed by atoms with Gasteiger partial charge in [0.15, 0.2) is 0 Å². The van der Waals surface area contributed by atoms with Crippen molar-refractivity contribution >= 4 is 11.6 Å². The number of hydrogen-bond donors (Lipinski definition) is 1. The molecule has 1 aromatic carbocycles. The average molecular weight is 242 g/mol. The van der Waals surface area contributed by atoms with Gasteiger partial charge in [-0.05, 0) is 38.3 Å². The molecule has 0 spiro atoms. The topological polar surface area (TPSA) is 26.0 Å². The van der Waals surface area contributed by atoms with E-state index < -0.39 is 5.67 Å². The van der Waals surface area contributed by atoms with Crippen LogP contribution in [-0.2, 0) is 11.1 Å². The fourth-order valence-electron chi connectivity index (χ4n) is 2.30. The van der Waals surface area contributed by atoms with Gasteiger partial charge in [0.1, 0.15) is 5.67 Å². The highest BCUT2D eigenvalue weighted by Crippen LogP contribution is 2.51. The molecule has 0 amide bonds. The summed E-state index contributed by atoms with van der Waals surface area (Å²) in [6, 6.07) is 5.58. The Hall–Kier alpha value is -0.600. The minimum atomic E-state index is -1.42. The van der Waals surface area contributed by atoms with Crippen LogP contribution in [0.15, 0.2) is 18.2 Å². The summed E-state index contributed by atoms with van der Waals surface area (Å²) in [5, 5.41) is 0.504. The maximum absolute atomic E-state index is 14.2. The Labute approximate surface area is 101 Å². The molecule has 2 N–H and O–H groups in total. The predicted molar refractivity (Wildman–Crippen MR) is 65.6 cm³/mol. The SMILES string of the molecule is CC(C)(F)c1c(Cl)cccc1C1(CN)CC1. The number of hydrogen-bond acceptors (Lipinski definition) is 1. The lowest BCUT2D eigenvalue weighted by molar-refractivity contribution is 0.218. The molecule has 2 rings (SSSR count). The first-order valence-electron chi connectivity index (χ1n) is 5.59. The second-order valence-electron chi connectivity index (χ2n) is 5.12. The molecule has 1 aromatic rings. The van der Waals surface area contributed by atoms with Crippen molar-refractivity contribution in [3.8, 4) is 0 Å². The molecule has 0 saturated heterocycles. The summed E-state index contributed by atoms with van der Waals surface area (Å²) >= 11 is 6.12. The highest BCUT2D eigenvalue weighted by atomic mass is 35.5. The Bertz CT molecular complexity index is 405. The lowest BCUT2D eigenvalue weighted by atomic mass is 9.85. The fourth-order valence-corrected chi connectivity index (χ4v) is 2.70. The Morgan fingerprint density at radius 1 is 1.44 bits per heavy atom. The standard InChI is InChI=1S/C13H17ClFN/c1-12(2,15)11-9(4-3-5-10(11)14)13(8-16)6-7-13/h3-5H,6-8,16H2,1-2H3. The third kappa shape index (κ3) is 1.85. The van der Waals surface area contributed by atoms with Crippen molar-refractivity contribution in [2.75, 3.05) is 6.54 Å². The van der Waals surface area contributed by atoms with Crippen LogP contribution >= 0.6 is 11.6 Å². The Kier molecular flexibility index (Phi) is 2.75. The van der Waals surface area contributed by atoms with E-state index in [0.29, 0.717) is 17.1 Å². The summed E-state index contributed by atoms with van der Waals surface area (Å²) in [5.41, 5.74) is 5.96. The number of benzene rings is 1. The van der Waals surface area contributed by atoms with Crippen LogP contribution in [0.1, 0.15) is 37.8 Å². The van der Waals surface area contributed by atoms with Gasteiger partial charge < -0.3 is 5.73 Å². The molecular weight excluding hydrogens is 225 g/mol. The molecule has 0 bridgehead atoms. The molecule has 88 valence electrons. The van der Waals surface area contributed by atoms with E-state index in [0.717, 1.165) is 18.4 Å². The summed E-state index contributed by atoms with van der Waals surface area (Å²) in [4.78, 5) is 0. The van der Waals surface area contributed by atoms with Crippen LogP contribution in [0, 0.1) is 0 Å². The van der Waals surface area contributed by atoms with Gasteiger partial charge in [0.2, 0.25) is 0 Å². The zero-order valence-corrected chi connectivity index (χ0v) is 10.4. The van der Waals surface area contributed by atoms with E-state index in [4.69, 9.17) is 17.3 Å². The van der Waals surface area contributed by atoms with Crippen molar-refractivity contribution in [1.29, 1.82) is 0 Å². The zero-order chi connectivity index (χ0) is 12.0. The number of rotatable bonds is 3. The van der Waals surface area contributed by atoms with Gasteiger partial charge in [0.05, 0.1) is 0 Å². The van der Waals surface area contributed by atoms with Gasteiger partial charge >= 0.3 is 0 Å². The van der Waals surface area contributed by atoms with Gasteiger partial charge in [0, 0.05) is 22.5 Å². The molecule has 3 heteroatoms. The highest BCUT2D eigenvalue weighted by molar-refractivity contribution is 6.31. The molecule has 0 radical (unpaired) electrons. The molecule has 16 heavy (non-hydrogen) atoms. The van der Waals surface area contributed by atoms with Gasteiger partial charge in [-0.1, -0.05) is 23.7 Å². The third-order valence-electron chi connectivity index (χ3n) is 3.42. The van der Waals surface area contributed by atoms with E-state index >= 15 is 0 Å². The normalized spacial score (nSPS) is 18.6. The molecule has 1 saturated carbocycles. The zero-order valence-electron chi connectivity index (χ0n) is 9.69. The van der Waals surface area contributed by atoms with E-state index in [1.165, 1.54) is 0 Å². The molecule has 1 aliphatic rings. The second kappa shape index (κ2) is 3.71. The molecule has 1 aliphatic carbocycles. The quantitative estimate of drug-likeness (QED) is 0.861. The first-order chi connectivity index (χ1) is 7.41. The van der Waals surface area contributed by atoms with Crippen molar-refractivity contribution < 1.29 is 4.39 Å². The number of nitrogens with two attached hydrogens (primary N) is 1. The summed E-state index contributed by atoms with van der Waals surface area (Å²) in [5.74, 6) is 0. The van der Waals surface area contributed by atoms with Crippen LogP contribution in [0.4, 0.5) is 4.39 Å². The summed E-state index contributed by atoms with van der Waals surface area (Å²) in [7, 11) is 0. The first-order valence-corrected chi connectivity index (χ1v) is 5.97. The van der Waals surface area contributed by atoms with Crippen LogP contribution in [0.25, 0.3) is 0 Å². The van der Waals surface area contributed by atoms with Crippen LogP contribution in [0.3, 0.4) is 0 Å². The van der Waals surface area contributed by atoms with Gasteiger partial charge in [0.25, 0.3) is 0 Å². The van der Waals surface area contributed by atoms with Crippen LogP contribution in [0.5, 0.6) is 0 Å². The molecular formula is C13H17ClFN. The average Bonchev–Trinajstić information content (AvgIpc) is 2.95. The van der Waals surface area contributed by atoms with Crippen molar-refractivity contribution in [2.45, 2.75) is 37.8 Å². The molecule has 0 aliphatic heterocycles. The maximum Gasteiger partial charge on any atom is 0.132 e. The van der Waals surface area contributed by atoms with E-state index in [-0.39, 0.29) is 5.41 Å². The number of alkyl halides is 1. The number of halogens is 2. The van der Waals surface area contributed by atoms with Crippen LogP contribution < -0.4 is 5.73 Å². The van der Waals surface area contributed by atoms with Crippen LogP contribution in [-0.4, -0.2) is 6.54 Å². The van der Waals surface area contributed by atoms with E-state index in [9.17, 15) is 4.39 Å². The fraction of sp³-hybridized carbons (Fsp3) is 0.538. The largest absolute Gasteiger partial charge is 0.330 e. The van der Waals surface area contributed by atoms with E-state index in [2.05, 4.69) is 0 Å². The van der Waals surface area contributed by atoms with Crippen molar-refractivity contribution in [3.05, 3.63) is 34.3 Å². The highest BCUT2D eigenvalue weighted by Gasteiger charge is 2.46. The molecule has 0 heterocycles. The summed E-state index contributed by atoms with van der Waals surface area (Å²) in [6.07, 6.45) is 2.07. The van der Waals surface area contributed by atoms with Gasteiger partial charge in [-0.3, -0.25) is 0 Å². The maximum atomic E-state index is 14.2. The first kappa shape index (κ1) is 11.9. The predicted octanol–water partition coefficient (Wildman–Crippen LogP) is 3.53. The Morgan fingerprint density at radius 2 is 2.06 bits per heavy atom. The molecule has 0 unspecified atom stereocenters. The Morgan fingerprint density at radius 3 is 2.50 bits per heavy atom. The summed E-state index contributed by atoms with van der Waals surface area (Å²) in [6.45, 7) is 3.66. The van der Waals surface area contributed by atoms with Gasteiger partial charge in [-0.25, -0.2) is 4.39 Å². The monoisotopic (exact) mass is 241 g/mol. The summed E-state index contributed by atoms with van der Waals surface area (Å²) < 4.78 is 14.2. The van der Waals surface area contributed by atoms with Crippen LogP contribution in [0.2, 0.25) is 5.02 Å². The van der Waals surface area contributed by atoms with Crippen molar-refractivity contribution in [2.24, 2.45) is 5.73 Å². The van der Waals surface area contributed by atoms with Crippen molar-refractivity contribution in [3.63, 3.8) is 0 Å². The van der Waals surface area contributed by atoms with Gasteiger partial charge in [-0.2, -0.15) is 0 Å². The minimum absolute atomic E-state index is 0.0242. The van der Waals surface area contributed by atoms with Crippen molar-refractivity contribution in [1.82, 2.24) is 0 Å².